The van der Waals surface area contributed by atoms with Crippen LogP contribution in [0.4, 0.5) is 0 Å². The van der Waals surface area contributed by atoms with Gasteiger partial charge in [-0.15, -0.1) is 5.10 Å². The first-order valence-corrected chi connectivity index (χ1v) is 6.24. The maximum Gasteiger partial charge on any atom is 0.153 e. The SMILES string of the molecule is Cc1ccc(C(N)c2c(Br)nnn2C)c(Cl)c1. The first-order valence-electron chi connectivity index (χ1n) is 5.07. The molecular formula is C11H12BrClN4. The van der Waals surface area contributed by atoms with Crippen molar-refractivity contribution in [3.8, 4) is 0 Å². The lowest BCUT2D eigenvalue weighted by molar-refractivity contribution is 0.651. The first kappa shape index (κ1) is 12.5. The van der Waals surface area contributed by atoms with Crippen molar-refractivity contribution in [2.75, 3.05) is 0 Å². The van der Waals surface area contributed by atoms with E-state index >= 15 is 0 Å². The highest BCUT2D eigenvalue weighted by molar-refractivity contribution is 9.10. The van der Waals surface area contributed by atoms with Crippen molar-refractivity contribution in [1.29, 1.82) is 0 Å². The molecule has 1 atom stereocenters. The molecule has 90 valence electrons. The third kappa shape index (κ3) is 2.36. The van der Waals surface area contributed by atoms with Crippen molar-refractivity contribution < 1.29 is 0 Å². The van der Waals surface area contributed by atoms with Gasteiger partial charge in [0.25, 0.3) is 0 Å². The number of hydrogen-bond acceptors (Lipinski definition) is 3. The molecule has 17 heavy (non-hydrogen) atoms. The largest absolute Gasteiger partial charge is 0.319 e. The predicted molar refractivity (Wildman–Crippen MR) is 70.9 cm³/mol. The summed E-state index contributed by atoms with van der Waals surface area (Å²) in [6, 6.07) is 5.46. The van der Waals surface area contributed by atoms with E-state index < -0.39 is 0 Å². The van der Waals surface area contributed by atoms with Crippen LogP contribution in [-0.2, 0) is 7.05 Å². The summed E-state index contributed by atoms with van der Waals surface area (Å²) in [7, 11) is 1.80. The topological polar surface area (TPSA) is 56.7 Å². The van der Waals surface area contributed by atoms with Crippen LogP contribution < -0.4 is 5.73 Å². The van der Waals surface area contributed by atoms with Gasteiger partial charge >= 0.3 is 0 Å². The number of nitrogens with two attached hydrogens (primary N) is 1. The molecule has 0 spiro atoms. The average molecular weight is 316 g/mol. The van der Waals surface area contributed by atoms with Gasteiger partial charge in [0.05, 0.1) is 11.7 Å². The third-order valence-electron chi connectivity index (χ3n) is 2.61. The molecule has 6 heteroatoms. The van der Waals surface area contributed by atoms with E-state index in [0.717, 1.165) is 16.8 Å². The second kappa shape index (κ2) is 4.76. The summed E-state index contributed by atoms with van der Waals surface area (Å²) >= 11 is 9.54. The molecular weight excluding hydrogens is 304 g/mol. The van der Waals surface area contributed by atoms with E-state index in [4.69, 9.17) is 17.3 Å². The molecule has 0 saturated carbocycles. The number of aromatic nitrogens is 3. The number of aryl methyl sites for hydroxylation is 2. The molecule has 0 saturated heterocycles. The van der Waals surface area contributed by atoms with Crippen molar-refractivity contribution in [3.63, 3.8) is 0 Å². The third-order valence-corrected chi connectivity index (χ3v) is 3.50. The second-order valence-electron chi connectivity index (χ2n) is 3.89. The van der Waals surface area contributed by atoms with Crippen molar-refractivity contribution in [3.05, 3.63) is 44.6 Å². The Balaban J connectivity index is 2.47. The van der Waals surface area contributed by atoms with Crippen LogP contribution in [0, 0.1) is 6.92 Å². The van der Waals surface area contributed by atoms with E-state index in [2.05, 4.69) is 26.2 Å². The molecule has 2 N–H and O–H groups in total. The van der Waals surface area contributed by atoms with E-state index in [1.165, 1.54) is 0 Å². The number of hydrogen-bond donors (Lipinski definition) is 1. The number of nitrogens with zero attached hydrogens (tertiary/aromatic N) is 3. The molecule has 0 bridgehead atoms. The zero-order valence-corrected chi connectivity index (χ0v) is 11.8. The van der Waals surface area contributed by atoms with Crippen LogP contribution in [0.25, 0.3) is 0 Å². The molecule has 0 aliphatic carbocycles. The molecule has 2 rings (SSSR count). The number of halogens is 2. The van der Waals surface area contributed by atoms with Crippen LogP contribution in [0.5, 0.6) is 0 Å². The molecule has 1 unspecified atom stereocenters. The van der Waals surface area contributed by atoms with Gasteiger partial charge in [0.2, 0.25) is 0 Å². The van der Waals surface area contributed by atoms with Gasteiger partial charge in [0.15, 0.2) is 4.60 Å². The fourth-order valence-corrected chi connectivity index (χ4v) is 2.63. The Morgan fingerprint density at radius 2 is 2.18 bits per heavy atom. The van der Waals surface area contributed by atoms with E-state index in [-0.39, 0.29) is 6.04 Å². The monoisotopic (exact) mass is 314 g/mol. The average Bonchev–Trinajstić information content (AvgIpc) is 2.58. The van der Waals surface area contributed by atoms with Crippen LogP contribution in [0.15, 0.2) is 22.8 Å². The Hall–Kier alpha value is -0.910. The highest BCUT2D eigenvalue weighted by atomic mass is 79.9. The zero-order valence-electron chi connectivity index (χ0n) is 9.48. The standard InChI is InChI=1S/C11H12BrClN4/c1-6-3-4-7(8(13)5-6)9(14)10-11(12)15-16-17(10)2/h3-5,9H,14H2,1-2H3. The normalized spacial score (nSPS) is 12.8. The summed E-state index contributed by atoms with van der Waals surface area (Å²) in [6.07, 6.45) is 0. The molecule has 4 nitrogen and oxygen atoms in total. The minimum Gasteiger partial charge on any atom is -0.319 e. The summed E-state index contributed by atoms with van der Waals surface area (Å²) < 4.78 is 2.29. The van der Waals surface area contributed by atoms with Gasteiger partial charge in [0.1, 0.15) is 0 Å². The Morgan fingerprint density at radius 3 is 2.71 bits per heavy atom. The van der Waals surface area contributed by atoms with Gasteiger partial charge in [0, 0.05) is 12.1 Å². The molecule has 0 radical (unpaired) electrons. The molecule has 0 aliphatic heterocycles. The van der Waals surface area contributed by atoms with Crippen LogP contribution in [-0.4, -0.2) is 15.0 Å². The van der Waals surface area contributed by atoms with E-state index in [0.29, 0.717) is 9.63 Å². The summed E-state index contributed by atoms with van der Waals surface area (Å²) in [6.45, 7) is 1.99. The van der Waals surface area contributed by atoms with E-state index in [9.17, 15) is 0 Å². The number of rotatable bonds is 2. The Kier molecular flexibility index (Phi) is 3.51. The molecule has 2 aromatic rings. The van der Waals surface area contributed by atoms with Crippen LogP contribution in [0.2, 0.25) is 5.02 Å². The van der Waals surface area contributed by atoms with Crippen molar-refractivity contribution in [1.82, 2.24) is 15.0 Å². The van der Waals surface area contributed by atoms with Crippen LogP contribution in [0.1, 0.15) is 22.9 Å². The minimum absolute atomic E-state index is 0.350. The van der Waals surface area contributed by atoms with Gasteiger partial charge in [-0.05, 0) is 40.0 Å². The first-order chi connectivity index (χ1) is 8.00. The van der Waals surface area contributed by atoms with Crippen molar-refractivity contribution in [2.24, 2.45) is 12.8 Å². The Labute approximate surface area is 113 Å². The second-order valence-corrected chi connectivity index (χ2v) is 5.05. The smallest absolute Gasteiger partial charge is 0.153 e. The zero-order chi connectivity index (χ0) is 12.6. The van der Waals surface area contributed by atoms with Gasteiger partial charge in [-0.25, -0.2) is 4.68 Å². The van der Waals surface area contributed by atoms with Crippen molar-refractivity contribution in [2.45, 2.75) is 13.0 Å². The maximum atomic E-state index is 6.20. The molecule has 0 fully saturated rings. The maximum absolute atomic E-state index is 6.20. The van der Waals surface area contributed by atoms with Crippen LogP contribution in [0.3, 0.4) is 0 Å². The lowest BCUT2D eigenvalue weighted by Crippen LogP contribution is -2.17. The summed E-state index contributed by atoms with van der Waals surface area (Å²) in [5, 5.41) is 8.48. The summed E-state index contributed by atoms with van der Waals surface area (Å²) in [4.78, 5) is 0. The molecule has 0 amide bonds. The van der Waals surface area contributed by atoms with Gasteiger partial charge < -0.3 is 5.73 Å². The molecule has 1 aromatic heterocycles. The quantitative estimate of drug-likeness (QED) is 0.926. The predicted octanol–water partition coefficient (Wildman–Crippen LogP) is 2.59. The molecule has 1 aromatic carbocycles. The number of benzene rings is 1. The lowest BCUT2D eigenvalue weighted by atomic mass is 10.0. The van der Waals surface area contributed by atoms with Gasteiger partial charge in [-0.1, -0.05) is 28.9 Å². The molecule has 1 heterocycles. The fraction of sp³-hybridized carbons (Fsp3) is 0.273. The van der Waals surface area contributed by atoms with Crippen LogP contribution >= 0.6 is 27.5 Å². The highest BCUT2D eigenvalue weighted by Gasteiger charge is 2.20. The molecule has 0 aliphatic rings. The minimum atomic E-state index is -0.350. The van der Waals surface area contributed by atoms with Crippen molar-refractivity contribution >= 4 is 27.5 Å². The summed E-state index contributed by atoms with van der Waals surface area (Å²) in [5.74, 6) is 0. The van der Waals surface area contributed by atoms with Gasteiger partial charge in [-0.2, -0.15) is 0 Å². The summed E-state index contributed by atoms with van der Waals surface area (Å²) in [5.41, 5.74) is 8.97. The fourth-order valence-electron chi connectivity index (χ4n) is 1.70. The Morgan fingerprint density at radius 1 is 1.47 bits per heavy atom. The lowest BCUT2D eigenvalue weighted by Gasteiger charge is -2.14. The van der Waals surface area contributed by atoms with E-state index in [1.54, 1.807) is 11.7 Å². The van der Waals surface area contributed by atoms with Gasteiger partial charge in [-0.3, -0.25) is 0 Å². The highest BCUT2D eigenvalue weighted by Crippen LogP contribution is 2.29. The van der Waals surface area contributed by atoms with E-state index in [1.807, 2.05) is 25.1 Å². The Bertz CT molecular complexity index is 533.